The number of aromatic amines is 1. The van der Waals surface area contributed by atoms with Crippen LogP contribution in [0.5, 0.6) is 5.75 Å². The maximum Gasteiger partial charge on any atom is 0.180 e. The van der Waals surface area contributed by atoms with Gasteiger partial charge in [-0.15, -0.1) is 5.10 Å². The molecule has 0 fully saturated rings. The number of benzene rings is 2. The normalized spacial score (nSPS) is 11.0. The summed E-state index contributed by atoms with van der Waals surface area (Å²) < 4.78 is 7.43. The first-order valence-corrected chi connectivity index (χ1v) is 12.6. The van der Waals surface area contributed by atoms with E-state index in [0.717, 1.165) is 53.6 Å². The summed E-state index contributed by atoms with van der Waals surface area (Å²) in [5.41, 5.74) is 4.98. The predicted molar refractivity (Wildman–Crippen MR) is 143 cm³/mol. The second kappa shape index (κ2) is 11.5. The van der Waals surface area contributed by atoms with Crippen molar-refractivity contribution in [2.45, 2.75) is 39.7 Å². The lowest BCUT2D eigenvalue weighted by Crippen LogP contribution is -2.09. The van der Waals surface area contributed by atoms with E-state index in [-0.39, 0.29) is 0 Å². The maximum absolute atomic E-state index is 12.3. The molecule has 2 aromatic carbocycles. The van der Waals surface area contributed by atoms with Crippen LogP contribution >= 0.6 is 0 Å². The minimum atomic E-state index is 0.404. The summed E-state index contributed by atoms with van der Waals surface area (Å²) in [6.07, 6.45) is 6.80. The molecule has 0 aliphatic heterocycles. The van der Waals surface area contributed by atoms with E-state index in [1.54, 1.807) is 12.4 Å². The number of unbranched alkanes of at least 4 members (excludes halogenated alkanes) is 1. The summed E-state index contributed by atoms with van der Waals surface area (Å²) in [5.74, 6) is 2.44. The Balaban J connectivity index is 1.46. The largest absolute Gasteiger partial charge is 0.491 e. The Morgan fingerprint density at radius 2 is 1.76 bits per heavy atom. The van der Waals surface area contributed by atoms with Crippen LogP contribution in [0.15, 0.2) is 60.9 Å². The summed E-state index contributed by atoms with van der Waals surface area (Å²) in [5, 5.41) is 14.3. The monoisotopic (exact) mass is 508 g/mol. The van der Waals surface area contributed by atoms with Gasteiger partial charge in [0.25, 0.3) is 0 Å². The fourth-order valence-electron chi connectivity index (χ4n) is 4.37. The Hall–Kier alpha value is -4.73. The molecule has 10 heteroatoms. The molecule has 0 saturated carbocycles. The van der Waals surface area contributed by atoms with Crippen LogP contribution in [0.25, 0.3) is 34.0 Å². The van der Waals surface area contributed by atoms with Crippen molar-refractivity contribution in [2.75, 3.05) is 6.61 Å². The molecule has 192 valence electrons. The average molecular weight is 509 g/mol. The molecule has 0 unspecified atom stereocenters. The zero-order chi connectivity index (χ0) is 26.3. The number of aromatic nitrogens is 8. The quantitative estimate of drug-likeness (QED) is 0.253. The molecule has 0 aliphatic rings. The lowest BCUT2D eigenvalue weighted by Gasteiger charge is -2.12. The molecule has 0 atom stereocenters. The number of nitrogens with one attached hydrogen (secondary N) is 1. The highest BCUT2D eigenvalue weighted by atomic mass is 16.5. The van der Waals surface area contributed by atoms with E-state index in [4.69, 9.17) is 9.72 Å². The van der Waals surface area contributed by atoms with Gasteiger partial charge in [-0.3, -0.25) is 4.79 Å². The van der Waals surface area contributed by atoms with E-state index in [1.165, 1.54) is 0 Å². The number of ether oxygens (including phenoxy) is 1. The Kier molecular flexibility index (Phi) is 7.58. The van der Waals surface area contributed by atoms with Crippen LogP contribution in [0.4, 0.5) is 0 Å². The number of rotatable bonds is 11. The highest BCUT2D eigenvalue weighted by molar-refractivity contribution is 5.82. The molecule has 10 nitrogen and oxygen atoms in total. The van der Waals surface area contributed by atoms with Gasteiger partial charge in [-0.2, -0.15) is 0 Å². The number of imidazole rings is 1. The fraction of sp³-hybridized carbons (Fsp3) is 0.250. The summed E-state index contributed by atoms with van der Waals surface area (Å²) >= 11 is 0. The Labute approximate surface area is 220 Å². The molecule has 0 saturated heterocycles. The van der Waals surface area contributed by atoms with Gasteiger partial charge in [-0.25, -0.2) is 20.1 Å². The Bertz CT molecular complexity index is 1490. The van der Waals surface area contributed by atoms with Crippen molar-refractivity contribution in [3.8, 4) is 39.8 Å². The Morgan fingerprint density at radius 1 is 1.00 bits per heavy atom. The second-order valence-corrected chi connectivity index (χ2v) is 8.74. The zero-order valence-electron chi connectivity index (χ0n) is 21.3. The number of H-pyrrole nitrogens is 1. The van der Waals surface area contributed by atoms with E-state index in [2.05, 4.69) is 61.8 Å². The van der Waals surface area contributed by atoms with Gasteiger partial charge in [-0.05, 0) is 40.5 Å². The van der Waals surface area contributed by atoms with Crippen molar-refractivity contribution < 1.29 is 9.53 Å². The lowest BCUT2D eigenvalue weighted by atomic mass is 9.98. The molecule has 3 aromatic heterocycles. The number of carbonyl (C=O) groups is 1. The highest BCUT2D eigenvalue weighted by Crippen LogP contribution is 2.30. The standard InChI is InChI=1S/C28H28N8O2/c1-3-5-10-25-31-26(28-29-15-21(16-30-28)38-4-2)24(18-37)36(25)17-19-11-13-20(14-12-19)22-8-6-7-9-23(22)27-32-34-35-33-27/h6-9,11-16,18H,3-5,10,17H2,1-2H3,(H,32,33,34,35). The van der Waals surface area contributed by atoms with Gasteiger partial charge in [0.05, 0.1) is 19.0 Å². The predicted octanol–water partition coefficient (Wildman–Crippen LogP) is 4.79. The molecule has 0 radical (unpaired) electrons. The topological polar surface area (TPSA) is 124 Å². The van der Waals surface area contributed by atoms with Crippen molar-refractivity contribution in [1.29, 1.82) is 0 Å². The van der Waals surface area contributed by atoms with Crippen molar-refractivity contribution in [3.63, 3.8) is 0 Å². The molecule has 3 heterocycles. The summed E-state index contributed by atoms with van der Waals surface area (Å²) in [4.78, 5) is 25.9. The van der Waals surface area contributed by atoms with Gasteiger partial charge in [0.1, 0.15) is 17.2 Å². The van der Waals surface area contributed by atoms with Crippen molar-refractivity contribution >= 4 is 6.29 Å². The lowest BCUT2D eigenvalue weighted by molar-refractivity contribution is 0.111. The summed E-state index contributed by atoms with van der Waals surface area (Å²) in [6.45, 7) is 5.07. The van der Waals surface area contributed by atoms with Crippen LogP contribution in [-0.2, 0) is 13.0 Å². The van der Waals surface area contributed by atoms with Crippen LogP contribution < -0.4 is 4.74 Å². The van der Waals surface area contributed by atoms with Gasteiger partial charge < -0.3 is 9.30 Å². The summed E-state index contributed by atoms with van der Waals surface area (Å²) in [6, 6.07) is 16.2. The first-order valence-electron chi connectivity index (χ1n) is 12.6. The summed E-state index contributed by atoms with van der Waals surface area (Å²) in [7, 11) is 0. The van der Waals surface area contributed by atoms with Crippen LogP contribution in [0.3, 0.4) is 0 Å². The second-order valence-electron chi connectivity index (χ2n) is 8.74. The third kappa shape index (κ3) is 5.19. The molecule has 0 bridgehead atoms. The van der Waals surface area contributed by atoms with Gasteiger partial charge >= 0.3 is 0 Å². The van der Waals surface area contributed by atoms with E-state index >= 15 is 0 Å². The van der Waals surface area contributed by atoms with Crippen LogP contribution in [0.2, 0.25) is 0 Å². The third-order valence-electron chi connectivity index (χ3n) is 6.24. The minimum absolute atomic E-state index is 0.404. The number of hydrogen-bond acceptors (Lipinski definition) is 8. The minimum Gasteiger partial charge on any atom is -0.491 e. The number of aryl methyl sites for hydroxylation is 1. The SMILES string of the molecule is CCCCc1nc(-c2ncc(OCC)cn2)c(C=O)n1Cc1ccc(-c2ccccc2-c2nnn[nH]2)cc1. The first-order chi connectivity index (χ1) is 18.7. The van der Waals surface area contributed by atoms with Gasteiger partial charge in [0, 0.05) is 18.5 Å². The van der Waals surface area contributed by atoms with E-state index in [0.29, 0.717) is 41.9 Å². The molecule has 5 rings (SSSR count). The average Bonchev–Trinajstić information content (AvgIpc) is 3.61. The van der Waals surface area contributed by atoms with Gasteiger partial charge in [0.2, 0.25) is 0 Å². The van der Waals surface area contributed by atoms with Crippen molar-refractivity contribution in [1.82, 2.24) is 40.1 Å². The Morgan fingerprint density at radius 3 is 2.42 bits per heavy atom. The van der Waals surface area contributed by atoms with Crippen LogP contribution in [0, 0.1) is 0 Å². The van der Waals surface area contributed by atoms with Crippen LogP contribution in [0.1, 0.15) is 48.6 Å². The maximum atomic E-state index is 12.3. The number of aldehydes is 1. The number of hydrogen-bond donors (Lipinski definition) is 1. The fourth-order valence-corrected chi connectivity index (χ4v) is 4.37. The van der Waals surface area contributed by atoms with E-state index < -0.39 is 0 Å². The molecule has 0 spiro atoms. The third-order valence-corrected chi connectivity index (χ3v) is 6.24. The van der Waals surface area contributed by atoms with E-state index in [9.17, 15) is 4.79 Å². The molecule has 38 heavy (non-hydrogen) atoms. The molecule has 0 amide bonds. The van der Waals surface area contributed by atoms with Crippen LogP contribution in [-0.4, -0.2) is 53.0 Å². The molecule has 1 N–H and O–H groups in total. The van der Waals surface area contributed by atoms with E-state index in [1.807, 2.05) is 35.8 Å². The highest BCUT2D eigenvalue weighted by Gasteiger charge is 2.20. The first kappa shape index (κ1) is 24.9. The molecule has 0 aliphatic carbocycles. The van der Waals surface area contributed by atoms with Gasteiger partial charge in [0.15, 0.2) is 23.7 Å². The van der Waals surface area contributed by atoms with Crippen molar-refractivity contribution in [3.05, 3.63) is 78.0 Å². The molecular formula is C28H28N8O2. The number of tetrazole rings is 1. The smallest absolute Gasteiger partial charge is 0.180 e. The zero-order valence-corrected chi connectivity index (χ0v) is 21.3. The number of nitrogens with zero attached hydrogens (tertiary/aromatic N) is 7. The molecule has 5 aromatic rings. The van der Waals surface area contributed by atoms with Gasteiger partial charge in [-0.1, -0.05) is 61.9 Å². The molecular weight excluding hydrogens is 480 g/mol. The van der Waals surface area contributed by atoms with Crippen molar-refractivity contribution in [2.24, 2.45) is 0 Å². The number of carbonyl (C=O) groups excluding carboxylic acids is 1.